The van der Waals surface area contributed by atoms with E-state index in [2.05, 4.69) is 17.3 Å². The summed E-state index contributed by atoms with van der Waals surface area (Å²) >= 11 is 0. The molecule has 0 bridgehead atoms. The summed E-state index contributed by atoms with van der Waals surface area (Å²) in [7, 11) is 1.90. The minimum atomic E-state index is 0.779. The number of aryl methyl sites for hydroxylation is 2. The fourth-order valence-electron chi connectivity index (χ4n) is 1.23. The lowest BCUT2D eigenvalue weighted by molar-refractivity contribution is 0.749. The minimum absolute atomic E-state index is 0.779. The van der Waals surface area contributed by atoms with Gasteiger partial charge in [-0.15, -0.1) is 0 Å². The van der Waals surface area contributed by atoms with Crippen LogP contribution in [0.25, 0.3) is 0 Å². The van der Waals surface area contributed by atoms with Gasteiger partial charge in [-0.3, -0.25) is 4.68 Å². The maximum Gasteiger partial charge on any atom is 0.147 e. The van der Waals surface area contributed by atoms with Crippen molar-refractivity contribution in [1.82, 2.24) is 9.78 Å². The third kappa shape index (κ3) is 1.37. The van der Waals surface area contributed by atoms with E-state index in [4.69, 9.17) is 5.73 Å². The predicted octanol–water partition coefficient (Wildman–Crippen LogP) is 0.996. The molecule has 12 heavy (non-hydrogen) atoms. The molecule has 0 aromatic carbocycles. The Morgan fingerprint density at radius 1 is 1.50 bits per heavy atom. The van der Waals surface area contributed by atoms with E-state index in [1.54, 1.807) is 4.68 Å². The highest BCUT2D eigenvalue weighted by molar-refractivity contribution is 5.64. The molecule has 3 N–H and O–H groups in total. The first-order valence-electron chi connectivity index (χ1n) is 4.25. The monoisotopic (exact) mass is 168 g/mol. The molecule has 0 unspecified atom stereocenters. The molecule has 0 fully saturated rings. The first-order chi connectivity index (χ1) is 5.70. The second-order valence-corrected chi connectivity index (χ2v) is 2.72. The van der Waals surface area contributed by atoms with Crippen LogP contribution in [0.5, 0.6) is 0 Å². The van der Waals surface area contributed by atoms with Gasteiger partial charge in [0, 0.05) is 13.6 Å². The van der Waals surface area contributed by atoms with Crippen molar-refractivity contribution in [2.75, 3.05) is 17.6 Å². The minimum Gasteiger partial charge on any atom is -0.394 e. The molecule has 4 nitrogen and oxygen atoms in total. The zero-order valence-electron chi connectivity index (χ0n) is 7.89. The first kappa shape index (κ1) is 8.90. The Balaban J connectivity index is 3.01. The molecule has 0 atom stereocenters. The topological polar surface area (TPSA) is 55.9 Å². The van der Waals surface area contributed by atoms with Crippen molar-refractivity contribution in [2.45, 2.75) is 20.3 Å². The molecule has 0 aliphatic rings. The Kier molecular flexibility index (Phi) is 2.58. The largest absolute Gasteiger partial charge is 0.394 e. The highest BCUT2D eigenvalue weighted by Gasteiger charge is 2.09. The maximum atomic E-state index is 5.85. The summed E-state index contributed by atoms with van der Waals surface area (Å²) in [5.74, 6) is 0.925. The van der Waals surface area contributed by atoms with Crippen LogP contribution in [0.4, 0.5) is 11.5 Å². The Hall–Kier alpha value is -1.19. The third-order valence-electron chi connectivity index (χ3n) is 1.84. The second kappa shape index (κ2) is 3.47. The van der Waals surface area contributed by atoms with Crippen LogP contribution in [0.3, 0.4) is 0 Å². The standard InChI is InChI=1S/C8H16N4/c1-4-6-7(9)8(10-5-2)12(3)11-6/h10H,4-5,9H2,1-3H3. The summed E-state index contributed by atoms with van der Waals surface area (Å²) in [4.78, 5) is 0. The van der Waals surface area contributed by atoms with Crippen molar-refractivity contribution in [3.05, 3.63) is 5.69 Å². The molecule has 0 spiro atoms. The van der Waals surface area contributed by atoms with Crippen molar-refractivity contribution in [3.8, 4) is 0 Å². The summed E-state index contributed by atoms with van der Waals surface area (Å²) in [5.41, 5.74) is 7.60. The zero-order valence-corrected chi connectivity index (χ0v) is 7.89. The predicted molar refractivity (Wildman–Crippen MR) is 51.2 cm³/mol. The molecule has 4 heteroatoms. The summed E-state index contributed by atoms with van der Waals surface area (Å²) < 4.78 is 1.79. The Morgan fingerprint density at radius 3 is 2.58 bits per heavy atom. The number of hydrogen-bond donors (Lipinski definition) is 2. The SMILES string of the molecule is CCNc1c(N)c(CC)nn1C. The molecular formula is C8H16N4. The first-order valence-corrected chi connectivity index (χ1v) is 4.25. The van der Waals surface area contributed by atoms with E-state index in [0.29, 0.717) is 0 Å². The number of nitrogens with two attached hydrogens (primary N) is 1. The van der Waals surface area contributed by atoms with Gasteiger partial charge in [0.2, 0.25) is 0 Å². The second-order valence-electron chi connectivity index (χ2n) is 2.72. The van der Waals surface area contributed by atoms with Gasteiger partial charge >= 0.3 is 0 Å². The van der Waals surface area contributed by atoms with Crippen LogP contribution in [0.15, 0.2) is 0 Å². The van der Waals surface area contributed by atoms with Gasteiger partial charge < -0.3 is 11.1 Å². The highest BCUT2D eigenvalue weighted by Crippen LogP contribution is 2.21. The average Bonchev–Trinajstić information content (AvgIpc) is 2.32. The van der Waals surface area contributed by atoms with Crippen LogP contribution in [0.1, 0.15) is 19.5 Å². The molecule has 68 valence electrons. The summed E-state index contributed by atoms with van der Waals surface area (Å²) in [5, 5.41) is 7.45. The lowest BCUT2D eigenvalue weighted by Gasteiger charge is -2.03. The van der Waals surface area contributed by atoms with Gasteiger partial charge in [0.25, 0.3) is 0 Å². The van der Waals surface area contributed by atoms with E-state index >= 15 is 0 Å². The molecule has 0 saturated heterocycles. The molecule has 0 radical (unpaired) electrons. The van der Waals surface area contributed by atoms with Crippen molar-refractivity contribution >= 4 is 11.5 Å². The van der Waals surface area contributed by atoms with Crippen LogP contribution < -0.4 is 11.1 Å². The number of nitrogens with zero attached hydrogens (tertiary/aromatic N) is 2. The van der Waals surface area contributed by atoms with Gasteiger partial charge in [0.1, 0.15) is 5.82 Å². The number of nitrogens with one attached hydrogen (secondary N) is 1. The van der Waals surface area contributed by atoms with Crippen molar-refractivity contribution in [3.63, 3.8) is 0 Å². The van der Waals surface area contributed by atoms with Crippen LogP contribution in [0, 0.1) is 0 Å². The average molecular weight is 168 g/mol. The molecule has 1 aromatic heterocycles. The van der Waals surface area contributed by atoms with Crippen molar-refractivity contribution < 1.29 is 0 Å². The van der Waals surface area contributed by atoms with E-state index in [-0.39, 0.29) is 0 Å². The van der Waals surface area contributed by atoms with Crippen LogP contribution in [0.2, 0.25) is 0 Å². The molecule has 1 heterocycles. The summed E-state index contributed by atoms with van der Waals surface area (Å²) in [6.45, 7) is 4.96. The lowest BCUT2D eigenvalue weighted by atomic mass is 10.3. The van der Waals surface area contributed by atoms with E-state index in [9.17, 15) is 0 Å². The number of anilines is 2. The molecule has 1 aromatic rings. The van der Waals surface area contributed by atoms with Gasteiger partial charge in [-0.2, -0.15) is 5.10 Å². The molecule has 1 rings (SSSR count). The van der Waals surface area contributed by atoms with E-state index in [1.807, 2.05) is 14.0 Å². The fraction of sp³-hybridized carbons (Fsp3) is 0.625. The summed E-state index contributed by atoms with van der Waals surface area (Å²) in [6.07, 6.45) is 0.880. The normalized spacial score (nSPS) is 10.2. The van der Waals surface area contributed by atoms with Gasteiger partial charge in [-0.1, -0.05) is 6.92 Å². The van der Waals surface area contributed by atoms with Gasteiger partial charge in [-0.05, 0) is 13.3 Å². The quantitative estimate of drug-likeness (QED) is 0.707. The van der Waals surface area contributed by atoms with Gasteiger partial charge in [0.05, 0.1) is 11.4 Å². The van der Waals surface area contributed by atoms with E-state index in [1.165, 1.54) is 0 Å². The summed E-state index contributed by atoms with van der Waals surface area (Å²) in [6, 6.07) is 0. The third-order valence-corrected chi connectivity index (χ3v) is 1.84. The zero-order chi connectivity index (χ0) is 9.14. The van der Waals surface area contributed by atoms with Crippen LogP contribution in [-0.4, -0.2) is 16.3 Å². The molecule has 0 saturated carbocycles. The van der Waals surface area contributed by atoms with E-state index < -0.39 is 0 Å². The van der Waals surface area contributed by atoms with Crippen LogP contribution in [-0.2, 0) is 13.5 Å². The number of rotatable bonds is 3. The van der Waals surface area contributed by atoms with Gasteiger partial charge in [-0.25, -0.2) is 0 Å². The number of aromatic nitrogens is 2. The molecule has 0 aliphatic heterocycles. The Bertz CT molecular complexity index is 264. The van der Waals surface area contributed by atoms with Gasteiger partial charge in [0.15, 0.2) is 0 Å². The smallest absolute Gasteiger partial charge is 0.147 e. The molecule has 0 amide bonds. The Labute approximate surface area is 72.8 Å². The number of hydrogen-bond acceptors (Lipinski definition) is 3. The molecular weight excluding hydrogens is 152 g/mol. The van der Waals surface area contributed by atoms with Crippen LogP contribution >= 0.6 is 0 Å². The van der Waals surface area contributed by atoms with E-state index in [0.717, 1.165) is 30.2 Å². The Morgan fingerprint density at radius 2 is 2.17 bits per heavy atom. The maximum absolute atomic E-state index is 5.85. The fourth-order valence-corrected chi connectivity index (χ4v) is 1.23. The molecule has 0 aliphatic carbocycles. The number of nitrogen functional groups attached to an aromatic ring is 1. The van der Waals surface area contributed by atoms with Crippen molar-refractivity contribution in [1.29, 1.82) is 0 Å². The lowest BCUT2D eigenvalue weighted by Crippen LogP contribution is -2.04. The highest BCUT2D eigenvalue weighted by atomic mass is 15.3. The van der Waals surface area contributed by atoms with Crippen molar-refractivity contribution in [2.24, 2.45) is 7.05 Å².